The highest BCUT2D eigenvalue weighted by atomic mass is 32.2. The van der Waals surface area contributed by atoms with Gasteiger partial charge in [0.1, 0.15) is 0 Å². The minimum absolute atomic E-state index is 0.388. The molecule has 1 N–H and O–H groups in total. The fourth-order valence-corrected chi connectivity index (χ4v) is 3.87. The highest BCUT2D eigenvalue weighted by molar-refractivity contribution is 7.91. The molecule has 4 heteroatoms. The quantitative estimate of drug-likeness (QED) is 0.739. The maximum absolute atomic E-state index is 11.2. The van der Waals surface area contributed by atoms with Gasteiger partial charge in [-0.2, -0.15) is 0 Å². The standard InChI is InChI=1S/C9H19NO2S/c1-3-10-8(2)6-9-4-5-13(11,12)7-9/h8-10H,3-7H2,1-2H3. The van der Waals surface area contributed by atoms with E-state index in [2.05, 4.69) is 19.2 Å². The predicted molar refractivity (Wildman–Crippen MR) is 54.5 cm³/mol. The van der Waals surface area contributed by atoms with Crippen molar-refractivity contribution in [3.05, 3.63) is 0 Å². The van der Waals surface area contributed by atoms with Crippen LogP contribution in [0.2, 0.25) is 0 Å². The summed E-state index contributed by atoms with van der Waals surface area (Å²) in [6, 6.07) is 0.447. The summed E-state index contributed by atoms with van der Waals surface area (Å²) < 4.78 is 22.3. The molecule has 1 fully saturated rings. The minimum atomic E-state index is -2.68. The molecule has 1 heterocycles. The Balaban J connectivity index is 2.32. The maximum atomic E-state index is 11.2. The first-order chi connectivity index (χ1) is 6.03. The molecule has 3 nitrogen and oxygen atoms in total. The van der Waals surface area contributed by atoms with E-state index in [1.54, 1.807) is 0 Å². The van der Waals surface area contributed by atoms with E-state index in [1.165, 1.54) is 0 Å². The van der Waals surface area contributed by atoms with Crippen molar-refractivity contribution in [2.45, 2.75) is 32.7 Å². The van der Waals surface area contributed by atoms with Gasteiger partial charge in [0.2, 0.25) is 0 Å². The van der Waals surface area contributed by atoms with Crippen molar-refractivity contribution in [2.24, 2.45) is 5.92 Å². The molecular weight excluding hydrogens is 186 g/mol. The predicted octanol–water partition coefficient (Wildman–Crippen LogP) is 0.809. The van der Waals surface area contributed by atoms with Crippen LogP contribution in [0.15, 0.2) is 0 Å². The summed E-state index contributed by atoms with van der Waals surface area (Å²) in [4.78, 5) is 0. The molecule has 1 rings (SSSR count). The second kappa shape index (κ2) is 4.42. The van der Waals surface area contributed by atoms with Crippen LogP contribution in [0.5, 0.6) is 0 Å². The second-order valence-corrected chi connectivity index (χ2v) is 6.19. The Labute approximate surface area is 80.8 Å². The van der Waals surface area contributed by atoms with Crippen molar-refractivity contribution >= 4 is 9.84 Å². The SMILES string of the molecule is CCNC(C)CC1CCS(=O)(=O)C1. The van der Waals surface area contributed by atoms with Gasteiger partial charge >= 0.3 is 0 Å². The summed E-state index contributed by atoms with van der Waals surface area (Å²) in [6.45, 7) is 5.15. The Morgan fingerprint density at radius 3 is 2.69 bits per heavy atom. The van der Waals surface area contributed by atoms with Crippen molar-refractivity contribution in [3.8, 4) is 0 Å². The molecule has 13 heavy (non-hydrogen) atoms. The van der Waals surface area contributed by atoms with Crippen LogP contribution in [0.1, 0.15) is 26.7 Å². The number of sulfone groups is 1. The minimum Gasteiger partial charge on any atom is -0.315 e. The molecule has 0 aromatic heterocycles. The fourth-order valence-electron chi connectivity index (χ4n) is 1.99. The molecule has 78 valence electrons. The molecule has 2 unspecified atom stereocenters. The van der Waals surface area contributed by atoms with E-state index < -0.39 is 9.84 Å². The lowest BCUT2D eigenvalue weighted by Crippen LogP contribution is -2.28. The summed E-state index contributed by atoms with van der Waals surface area (Å²) in [5, 5.41) is 3.30. The van der Waals surface area contributed by atoms with Gasteiger partial charge < -0.3 is 5.32 Å². The summed E-state index contributed by atoms with van der Waals surface area (Å²) >= 11 is 0. The van der Waals surface area contributed by atoms with Crippen LogP contribution in [-0.2, 0) is 9.84 Å². The van der Waals surface area contributed by atoms with Gasteiger partial charge in [-0.15, -0.1) is 0 Å². The van der Waals surface area contributed by atoms with Crippen LogP contribution in [0.25, 0.3) is 0 Å². The van der Waals surface area contributed by atoms with Crippen molar-refractivity contribution in [2.75, 3.05) is 18.1 Å². The number of nitrogens with one attached hydrogen (secondary N) is 1. The van der Waals surface area contributed by atoms with Crippen LogP contribution in [-0.4, -0.2) is 32.5 Å². The molecule has 0 saturated carbocycles. The Morgan fingerprint density at radius 1 is 1.54 bits per heavy atom. The molecular formula is C9H19NO2S. The third-order valence-corrected chi connectivity index (χ3v) is 4.40. The first-order valence-electron chi connectivity index (χ1n) is 4.97. The molecule has 2 atom stereocenters. The van der Waals surface area contributed by atoms with Gasteiger partial charge in [0.15, 0.2) is 9.84 Å². The van der Waals surface area contributed by atoms with E-state index in [0.29, 0.717) is 23.5 Å². The van der Waals surface area contributed by atoms with Gasteiger partial charge in [0.05, 0.1) is 11.5 Å². The lowest BCUT2D eigenvalue weighted by molar-refractivity contribution is 0.433. The summed E-state index contributed by atoms with van der Waals surface area (Å²) in [7, 11) is -2.68. The van der Waals surface area contributed by atoms with Crippen LogP contribution >= 0.6 is 0 Å². The molecule has 0 spiro atoms. The van der Waals surface area contributed by atoms with Crippen molar-refractivity contribution in [1.29, 1.82) is 0 Å². The third kappa shape index (κ3) is 3.65. The molecule has 0 aliphatic carbocycles. The molecule has 1 aliphatic heterocycles. The Hall–Kier alpha value is -0.0900. The molecule has 1 aliphatic rings. The van der Waals surface area contributed by atoms with Gasteiger partial charge in [-0.25, -0.2) is 8.42 Å². The van der Waals surface area contributed by atoms with E-state index in [-0.39, 0.29) is 0 Å². The number of rotatable bonds is 4. The number of hydrogen-bond donors (Lipinski definition) is 1. The number of hydrogen-bond acceptors (Lipinski definition) is 3. The largest absolute Gasteiger partial charge is 0.315 e. The molecule has 0 radical (unpaired) electrons. The Kier molecular flexibility index (Phi) is 3.74. The Bertz CT molecular complexity index is 248. The van der Waals surface area contributed by atoms with Crippen molar-refractivity contribution in [3.63, 3.8) is 0 Å². The van der Waals surface area contributed by atoms with E-state index in [4.69, 9.17) is 0 Å². The van der Waals surface area contributed by atoms with Gasteiger partial charge in [-0.3, -0.25) is 0 Å². The molecule has 0 amide bonds. The van der Waals surface area contributed by atoms with E-state index in [9.17, 15) is 8.42 Å². The monoisotopic (exact) mass is 205 g/mol. The highest BCUT2D eigenvalue weighted by Crippen LogP contribution is 2.22. The van der Waals surface area contributed by atoms with Gasteiger partial charge in [-0.05, 0) is 32.2 Å². The topological polar surface area (TPSA) is 46.2 Å². The van der Waals surface area contributed by atoms with Gasteiger partial charge in [-0.1, -0.05) is 6.92 Å². The lowest BCUT2D eigenvalue weighted by Gasteiger charge is -2.15. The normalized spacial score (nSPS) is 28.9. The highest BCUT2D eigenvalue weighted by Gasteiger charge is 2.28. The first kappa shape index (κ1) is 11.0. The van der Waals surface area contributed by atoms with E-state index in [1.807, 2.05) is 0 Å². The Morgan fingerprint density at radius 2 is 2.23 bits per heavy atom. The zero-order chi connectivity index (χ0) is 9.90. The molecule has 0 aromatic carbocycles. The fraction of sp³-hybridized carbons (Fsp3) is 1.00. The molecule has 0 aromatic rings. The van der Waals surface area contributed by atoms with Crippen molar-refractivity contribution in [1.82, 2.24) is 5.32 Å². The van der Waals surface area contributed by atoms with Crippen LogP contribution in [0.4, 0.5) is 0 Å². The smallest absolute Gasteiger partial charge is 0.150 e. The van der Waals surface area contributed by atoms with Crippen LogP contribution in [0.3, 0.4) is 0 Å². The summed E-state index contributed by atoms with van der Waals surface area (Å²) in [5.41, 5.74) is 0. The van der Waals surface area contributed by atoms with Gasteiger partial charge in [0, 0.05) is 6.04 Å². The summed E-state index contributed by atoms with van der Waals surface area (Å²) in [6.07, 6.45) is 1.85. The first-order valence-corrected chi connectivity index (χ1v) is 6.79. The lowest BCUT2D eigenvalue weighted by atomic mass is 10.0. The average molecular weight is 205 g/mol. The maximum Gasteiger partial charge on any atom is 0.150 e. The van der Waals surface area contributed by atoms with E-state index in [0.717, 1.165) is 19.4 Å². The molecule has 1 saturated heterocycles. The third-order valence-electron chi connectivity index (χ3n) is 2.57. The van der Waals surface area contributed by atoms with Gasteiger partial charge in [0.25, 0.3) is 0 Å². The van der Waals surface area contributed by atoms with Crippen LogP contribution < -0.4 is 5.32 Å². The molecule has 0 bridgehead atoms. The average Bonchev–Trinajstić information content (AvgIpc) is 2.30. The van der Waals surface area contributed by atoms with Crippen LogP contribution in [0, 0.1) is 5.92 Å². The summed E-state index contributed by atoms with van der Waals surface area (Å²) in [5.74, 6) is 1.19. The van der Waals surface area contributed by atoms with E-state index >= 15 is 0 Å². The van der Waals surface area contributed by atoms with Crippen molar-refractivity contribution < 1.29 is 8.42 Å². The zero-order valence-electron chi connectivity index (χ0n) is 8.41. The zero-order valence-corrected chi connectivity index (χ0v) is 9.23. The second-order valence-electron chi connectivity index (χ2n) is 3.96.